The van der Waals surface area contributed by atoms with Crippen molar-refractivity contribution < 1.29 is 4.79 Å². The molecule has 0 atom stereocenters. The smallest absolute Gasteiger partial charge is 0.247 e. The van der Waals surface area contributed by atoms with E-state index in [1.807, 2.05) is 39.1 Å². The lowest BCUT2D eigenvalue weighted by Gasteiger charge is -2.46. The van der Waals surface area contributed by atoms with E-state index in [0.29, 0.717) is 5.02 Å². The maximum Gasteiger partial charge on any atom is 0.247 e. The molecule has 21 heavy (non-hydrogen) atoms. The van der Waals surface area contributed by atoms with E-state index in [1.165, 1.54) is 5.56 Å². The summed E-state index contributed by atoms with van der Waals surface area (Å²) in [5.74, 6) is 0.142. The Hall–Kier alpha value is -1.26. The van der Waals surface area contributed by atoms with Crippen LogP contribution in [0.1, 0.15) is 26.3 Å². The highest BCUT2D eigenvalue weighted by atomic mass is 35.5. The Labute approximate surface area is 132 Å². The van der Waals surface area contributed by atoms with E-state index in [0.717, 1.165) is 31.9 Å². The number of hydrogen-bond donors (Lipinski definition) is 1. The van der Waals surface area contributed by atoms with Crippen LogP contribution >= 0.6 is 11.6 Å². The Kier molecular flexibility index (Phi) is 4.79. The summed E-state index contributed by atoms with van der Waals surface area (Å²) in [6, 6.07) is 5.91. The van der Waals surface area contributed by atoms with Crippen LogP contribution in [-0.4, -0.2) is 43.0 Å². The van der Waals surface area contributed by atoms with Crippen molar-refractivity contribution in [3.63, 3.8) is 0 Å². The molecule has 1 amide bonds. The van der Waals surface area contributed by atoms with E-state index in [9.17, 15) is 4.79 Å². The minimum atomic E-state index is -0.557. The van der Waals surface area contributed by atoms with Crippen LogP contribution in [0.4, 0.5) is 5.69 Å². The van der Waals surface area contributed by atoms with Crippen LogP contribution in [0, 0.1) is 0 Å². The first-order chi connectivity index (χ1) is 9.87. The van der Waals surface area contributed by atoms with E-state index < -0.39 is 5.54 Å². The van der Waals surface area contributed by atoms with Gasteiger partial charge in [-0.15, -0.1) is 0 Å². The van der Waals surface area contributed by atoms with Gasteiger partial charge in [-0.25, -0.2) is 0 Å². The third-order valence-electron chi connectivity index (χ3n) is 4.11. The summed E-state index contributed by atoms with van der Waals surface area (Å²) in [6.07, 6.45) is 0. The number of nitrogens with one attached hydrogen (secondary N) is 1. The van der Waals surface area contributed by atoms with Crippen LogP contribution in [0.2, 0.25) is 5.02 Å². The molecule has 0 unspecified atom stereocenters. The van der Waals surface area contributed by atoms with Crippen LogP contribution in [0.5, 0.6) is 0 Å². The van der Waals surface area contributed by atoms with Gasteiger partial charge in [0.1, 0.15) is 5.54 Å². The fourth-order valence-corrected chi connectivity index (χ4v) is 3.00. The number of likely N-dealkylation sites (N-methyl/N-ethyl adjacent to an activating group) is 1. The Morgan fingerprint density at radius 1 is 1.33 bits per heavy atom. The number of anilines is 1. The van der Waals surface area contributed by atoms with Crippen molar-refractivity contribution in [2.24, 2.45) is 0 Å². The largest absolute Gasteiger partial charge is 0.355 e. The lowest BCUT2D eigenvalue weighted by atomic mass is 9.95. The molecule has 1 saturated heterocycles. The van der Waals surface area contributed by atoms with Crippen LogP contribution in [0.3, 0.4) is 0 Å². The van der Waals surface area contributed by atoms with Crippen molar-refractivity contribution in [2.45, 2.75) is 32.9 Å². The van der Waals surface area contributed by atoms with Crippen molar-refractivity contribution in [2.75, 3.05) is 31.6 Å². The van der Waals surface area contributed by atoms with E-state index in [-0.39, 0.29) is 5.91 Å². The Morgan fingerprint density at radius 2 is 2.05 bits per heavy atom. The molecule has 0 radical (unpaired) electrons. The first kappa shape index (κ1) is 16.1. The second kappa shape index (κ2) is 6.24. The van der Waals surface area contributed by atoms with Crippen molar-refractivity contribution in [3.05, 3.63) is 28.8 Å². The van der Waals surface area contributed by atoms with Gasteiger partial charge in [-0.3, -0.25) is 4.79 Å². The average molecular weight is 310 g/mol. The van der Waals surface area contributed by atoms with Gasteiger partial charge in [-0.2, -0.15) is 0 Å². The summed E-state index contributed by atoms with van der Waals surface area (Å²) in [4.78, 5) is 16.4. The molecule has 1 N–H and O–H groups in total. The monoisotopic (exact) mass is 309 g/mol. The topological polar surface area (TPSA) is 35.6 Å². The molecule has 116 valence electrons. The Balaban J connectivity index is 2.40. The zero-order chi connectivity index (χ0) is 15.6. The molecular weight excluding hydrogens is 286 g/mol. The summed E-state index contributed by atoms with van der Waals surface area (Å²) < 4.78 is 0. The quantitative estimate of drug-likeness (QED) is 0.928. The molecule has 1 aromatic rings. The van der Waals surface area contributed by atoms with Crippen molar-refractivity contribution >= 4 is 23.2 Å². The van der Waals surface area contributed by atoms with Gasteiger partial charge < -0.3 is 15.1 Å². The third kappa shape index (κ3) is 3.16. The number of benzene rings is 1. The highest BCUT2D eigenvalue weighted by Crippen LogP contribution is 2.33. The average Bonchev–Trinajstić information content (AvgIpc) is 2.44. The molecule has 1 aliphatic rings. The summed E-state index contributed by atoms with van der Waals surface area (Å²) in [5, 5.41) is 4.05. The molecule has 2 rings (SSSR count). The number of halogens is 1. The third-order valence-corrected chi connectivity index (χ3v) is 4.34. The lowest BCUT2D eigenvalue weighted by Crippen LogP contribution is -2.62. The van der Waals surface area contributed by atoms with Gasteiger partial charge in [0, 0.05) is 37.4 Å². The van der Waals surface area contributed by atoms with E-state index in [4.69, 9.17) is 11.6 Å². The SMILES string of the molecule is CCNCc1ccc(Cl)cc1N1CCN(C)C(=O)C1(C)C. The number of carbonyl (C=O) groups excluding carboxylic acids is 1. The molecule has 0 bridgehead atoms. The molecular formula is C16H24ClN3O. The van der Waals surface area contributed by atoms with Crippen LogP contribution in [-0.2, 0) is 11.3 Å². The number of nitrogens with zero attached hydrogens (tertiary/aromatic N) is 2. The highest BCUT2D eigenvalue weighted by Gasteiger charge is 2.41. The maximum atomic E-state index is 12.5. The van der Waals surface area contributed by atoms with E-state index in [1.54, 1.807) is 4.90 Å². The normalized spacial score (nSPS) is 18.2. The number of amides is 1. The van der Waals surface area contributed by atoms with Gasteiger partial charge in [0.2, 0.25) is 5.91 Å². The molecule has 0 aromatic heterocycles. The minimum Gasteiger partial charge on any atom is -0.355 e. The van der Waals surface area contributed by atoms with E-state index in [2.05, 4.69) is 17.1 Å². The molecule has 1 aromatic carbocycles. The number of hydrogen-bond acceptors (Lipinski definition) is 3. The van der Waals surface area contributed by atoms with Crippen LogP contribution < -0.4 is 10.2 Å². The zero-order valence-electron chi connectivity index (χ0n) is 13.2. The summed E-state index contributed by atoms with van der Waals surface area (Å²) in [6.45, 7) is 9.27. The number of piperazine rings is 1. The van der Waals surface area contributed by atoms with Crippen LogP contribution in [0.15, 0.2) is 18.2 Å². The Morgan fingerprint density at radius 3 is 2.71 bits per heavy atom. The molecule has 4 nitrogen and oxygen atoms in total. The predicted octanol–water partition coefficient (Wildman–Crippen LogP) is 2.51. The molecule has 0 aliphatic carbocycles. The van der Waals surface area contributed by atoms with Gasteiger partial charge in [0.05, 0.1) is 0 Å². The number of rotatable bonds is 4. The molecule has 5 heteroatoms. The molecule has 0 spiro atoms. The van der Waals surface area contributed by atoms with Crippen LogP contribution in [0.25, 0.3) is 0 Å². The maximum absolute atomic E-state index is 12.5. The minimum absolute atomic E-state index is 0.142. The zero-order valence-corrected chi connectivity index (χ0v) is 14.0. The van der Waals surface area contributed by atoms with Gasteiger partial charge >= 0.3 is 0 Å². The molecule has 1 fully saturated rings. The van der Waals surface area contributed by atoms with E-state index >= 15 is 0 Å². The summed E-state index contributed by atoms with van der Waals surface area (Å²) in [7, 11) is 1.86. The molecule has 0 saturated carbocycles. The van der Waals surface area contributed by atoms with Crippen molar-refractivity contribution in [3.8, 4) is 0 Å². The van der Waals surface area contributed by atoms with Gasteiger partial charge in [0.25, 0.3) is 0 Å². The molecule has 1 aliphatic heterocycles. The Bertz CT molecular complexity index is 530. The molecule has 1 heterocycles. The van der Waals surface area contributed by atoms with Gasteiger partial charge in [0.15, 0.2) is 0 Å². The first-order valence-electron chi connectivity index (χ1n) is 7.40. The lowest BCUT2D eigenvalue weighted by molar-refractivity contribution is -0.136. The summed E-state index contributed by atoms with van der Waals surface area (Å²) in [5.41, 5.74) is 1.67. The van der Waals surface area contributed by atoms with Crippen molar-refractivity contribution in [1.82, 2.24) is 10.2 Å². The van der Waals surface area contributed by atoms with Gasteiger partial charge in [-0.1, -0.05) is 24.6 Å². The fraction of sp³-hybridized carbons (Fsp3) is 0.562. The fourth-order valence-electron chi connectivity index (χ4n) is 2.83. The predicted molar refractivity (Wildman–Crippen MR) is 87.9 cm³/mol. The highest BCUT2D eigenvalue weighted by molar-refractivity contribution is 6.30. The number of carbonyl (C=O) groups is 1. The second-order valence-electron chi connectivity index (χ2n) is 5.99. The second-order valence-corrected chi connectivity index (χ2v) is 6.43. The first-order valence-corrected chi connectivity index (χ1v) is 7.78. The van der Waals surface area contributed by atoms with Gasteiger partial charge in [-0.05, 0) is 38.1 Å². The summed E-state index contributed by atoms with van der Waals surface area (Å²) >= 11 is 6.19. The standard InChI is InChI=1S/C16H24ClN3O/c1-5-18-11-12-6-7-13(17)10-14(12)20-9-8-19(4)15(21)16(20,2)3/h6-7,10,18H,5,8-9,11H2,1-4H3. The van der Waals surface area contributed by atoms with Crippen molar-refractivity contribution in [1.29, 1.82) is 0 Å².